The Kier molecular flexibility index (Phi) is 13.4. The number of fused-ring (bicyclic) bond motifs is 15. The monoisotopic (exact) mass is 1050 g/mol. The van der Waals surface area contributed by atoms with E-state index in [-0.39, 0.29) is 27.1 Å². The van der Waals surface area contributed by atoms with Gasteiger partial charge in [0.2, 0.25) is 0 Å². The maximum atomic E-state index is 4.43. The maximum absolute atomic E-state index is 4.43. The predicted octanol–water partition coefficient (Wildman–Crippen LogP) is 18.5. The molecule has 0 fully saturated rings. The van der Waals surface area contributed by atoms with Crippen LogP contribution in [0, 0.1) is 34.6 Å². The molecular weight excluding hydrogens is 971 g/mol. The van der Waals surface area contributed by atoms with Gasteiger partial charge in [-0.05, 0) is 181 Å². The molecule has 0 aliphatic heterocycles. The molecule has 0 bridgehead atoms. The van der Waals surface area contributed by atoms with Crippen LogP contribution in [0.2, 0.25) is 0 Å². The summed E-state index contributed by atoms with van der Waals surface area (Å²) in [4.78, 5) is 21.7. The minimum atomic E-state index is 0.0876. The number of rotatable bonds is 0. The van der Waals surface area contributed by atoms with Gasteiger partial charge in [0.25, 0.3) is 0 Å². The second-order valence-corrected chi connectivity index (χ2v) is 25.2. The Morgan fingerprint density at radius 1 is 0.287 bits per heavy atom. The van der Waals surface area contributed by atoms with Crippen molar-refractivity contribution in [2.75, 3.05) is 0 Å². The Bertz CT molecular complexity index is 3830. The average molecular weight is 1050 g/mol. The zero-order valence-electron chi connectivity index (χ0n) is 49.6. The summed E-state index contributed by atoms with van der Waals surface area (Å²) in [5.41, 5.74) is 34.2. The molecule has 0 atom stereocenters. The quantitative estimate of drug-likeness (QED) is 0.151. The van der Waals surface area contributed by atoms with E-state index < -0.39 is 0 Å². The van der Waals surface area contributed by atoms with Gasteiger partial charge >= 0.3 is 0 Å². The highest BCUT2D eigenvalue weighted by molar-refractivity contribution is 5.85. The summed E-state index contributed by atoms with van der Waals surface area (Å²) < 4.78 is 0. The fourth-order valence-electron chi connectivity index (χ4n) is 14.0. The average Bonchev–Trinajstić information content (AvgIpc) is 3.87. The molecule has 5 aromatic heterocycles. The molecule has 5 nitrogen and oxygen atoms in total. The standard InChI is InChI=1S/5C15H15N/c1-10-4-5-13-12(8-10)11-6-7-16-9-14(11)15(13,2)3;1-10-5-4-6-12-14(10)11-7-8-16-9-13(11)15(12,2)3;1-10-8-12-11-6-4-5-7-13(11)15(2,3)14(12)9-16-10;1-10-8-16-9-13-14(10)11-6-4-5-7-12(11)15(13,2)3;1-10-14-12(8-9-16-10)11-6-4-5-7-13(11)15(14,2)3/h5*4-9H,1-3H3. The molecule has 15 rings (SSSR count). The lowest BCUT2D eigenvalue weighted by molar-refractivity contribution is 0.651. The van der Waals surface area contributed by atoms with E-state index in [1.165, 1.54) is 128 Å². The Morgan fingerprint density at radius 3 is 1.41 bits per heavy atom. The largest absolute Gasteiger partial charge is 0.264 e. The van der Waals surface area contributed by atoms with Crippen LogP contribution in [0.1, 0.15) is 153 Å². The molecule has 5 aromatic carbocycles. The molecule has 0 unspecified atom stereocenters. The van der Waals surface area contributed by atoms with Crippen LogP contribution in [0.25, 0.3) is 55.6 Å². The number of benzene rings is 5. The van der Waals surface area contributed by atoms with Gasteiger partial charge in [-0.3, -0.25) is 24.9 Å². The van der Waals surface area contributed by atoms with E-state index in [0.717, 1.165) is 11.4 Å². The number of aromatic nitrogens is 5. The fourth-order valence-corrected chi connectivity index (χ4v) is 14.0. The molecule has 5 aliphatic carbocycles. The summed E-state index contributed by atoms with van der Waals surface area (Å²) in [5, 5.41) is 0. The molecular formula is C75H75N5. The van der Waals surface area contributed by atoms with E-state index in [4.69, 9.17) is 0 Å². The highest BCUT2D eigenvalue weighted by atomic mass is 14.7. The van der Waals surface area contributed by atoms with E-state index in [2.05, 4.69) is 255 Å². The van der Waals surface area contributed by atoms with Gasteiger partial charge < -0.3 is 0 Å². The Labute approximate surface area is 475 Å². The van der Waals surface area contributed by atoms with Gasteiger partial charge in [-0.25, -0.2) is 0 Å². The summed E-state index contributed by atoms with van der Waals surface area (Å²) >= 11 is 0. The van der Waals surface area contributed by atoms with Gasteiger partial charge in [0.1, 0.15) is 0 Å². The normalized spacial score (nSPS) is 15.7. The zero-order chi connectivity index (χ0) is 56.7. The molecule has 0 saturated heterocycles. The number of hydrogen-bond donors (Lipinski definition) is 0. The lowest BCUT2D eigenvalue weighted by Crippen LogP contribution is -2.16. The highest BCUT2D eigenvalue weighted by Gasteiger charge is 2.40. The Hall–Kier alpha value is -8.15. The van der Waals surface area contributed by atoms with E-state index >= 15 is 0 Å². The van der Waals surface area contributed by atoms with Crippen molar-refractivity contribution in [2.45, 2.75) is 131 Å². The van der Waals surface area contributed by atoms with Crippen molar-refractivity contribution in [2.24, 2.45) is 0 Å². The van der Waals surface area contributed by atoms with E-state index in [9.17, 15) is 0 Å². The first-order valence-electron chi connectivity index (χ1n) is 28.4. The lowest BCUT2D eigenvalue weighted by Gasteiger charge is -2.22. The lowest BCUT2D eigenvalue weighted by atomic mass is 9.82. The number of aryl methyl sites for hydroxylation is 5. The Morgan fingerprint density at radius 2 is 0.738 bits per heavy atom. The summed E-state index contributed by atoms with van der Waals surface area (Å²) in [7, 11) is 0. The molecule has 80 heavy (non-hydrogen) atoms. The molecule has 0 amide bonds. The molecule has 0 N–H and O–H groups in total. The van der Waals surface area contributed by atoms with Gasteiger partial charge in [-0.1, -0.05) is 184 Å². The van der Waals surface area contributed by atoms with Gasteiger partial charge in [-0.15, -0.1) is 0 Å². The van der Waals surface area contributed by atoms with Crippen LogP contribution in [0.5, 0.6) is 0 Å². The minimum Gasteiger partial charge on any atom is -0.264 e. The first kappa shape index (κ1) is 53.8. The molecule has 0 radical (unpaired) electrons. The summed E-state index contributed by atoms with van der Waals surface area (Å²) in [5.74, 6) is 0. The van der Waals surface area contributed by atoms with E-state index in [1.54, 1.807) is 0 Å². The zero-order valence-corrected chi connectivity index (χ0v) is 49.6. The summed E-state index contributed by atoms with van der Waals surface area (Å²) in [6.45, 7) is 33.4. The predicted molar refractivity (Wildman–Crippen MR) is 333 cm³/mol. The van der Waals surface area contributed by atoms with Crippen molar-refractivity contribution in [1.29, 1.82) is 0 Å². The fraction of sp³-hybridized carbons (Fsp3) is 0.267. The maximum Gasteiger partial charge on any atom is 0.0419 e. The van der Waals surface area contributed by atoms with Crippen molar-refractivity contribution >= 4 is 0 Å². The number of pyridine rings is 5. The van der Waals surface area contributed by atoms with Gasteiger partial charge in [0.05, 0.1) is 0 Å². The molecule has 0 spiro atoms. The van der Waals surface area contributed by atoms with Crippen molar-refractivity contribution in [3.05, 3.63) is 267 Å². The molecule has 5 heteroatoms. The SMILES string of the molecule is Cc1cc2c(cn1)C(C)(C)c1ccccc1-2.Cc1ccc2c(c1)-c1ccncc1C2(C)C.Cc1cccc2c1-c1ccncc1C2(C)C.Cc1cncc2c1-c1ccccc1C2(C)C.Cc1nccc2c1C(C)(C)c1ccccc1-2. The molecule has 5 heterocycles. The van der Waals surface area contributed by atoms with Crippen molar-refractivity contribution in [1.82, 2.24) is 24.9 Å². The summed E-state index contributed by atoms with van der Waals surface area (Å²) in [6.07, 6.45) is 15.7. The third kappa shape index (κ3) is 8.72. The van der Waals surface area contributed by atoms with E-state index in [1.807, 2.05) is 56.5 Å². The number of nitrogens with zero attached hydrogens (tertiary/aromatic N) is 5. The van der Waals surface area contributed by atoms with Crippen LogP contribution in [0.4, 0.5) is 0 Å². The first-order chi connectivity index (χ1) is 38.1. The second kappa shape index (κ2) is 19.9. The van der Waals surface area contributed by atoms with Crippen molar-refractivity contribution in [3.63, 3.8) is 0 Å². The van der Waals surface area contributed by atoms with Crippen LogP contribution in [-0.4, -0.2) is 24.9 Å². The van der Waals surface area contributed by atoms with Crippen molar-refractivity contribution in [3.8, 4) is 55.6 Å². The molecule has 0 saturated carbocycles. The first-order valence-corrected chi connectivity index (χ1v) is 28.4. The second-order valence-electron chi connectivity index (χ2n) is 25.2. The van der Waals surface area contributed by atoms with E-state index in [0.29, 0.717) is 0 Å². The van der Waals surface area contributed by atoms with Crippen LogP contribution >= 0.6 is 0 Å². The summed E-state index contributed by atoms with van der Waals surface area (Å²) in [6, 6.07) is 47.9. The molecule has 5 aliphatic rings. The van der Waals surface area contributed by atoms with Gasteiger partial charge in [0, 0.05) is 88.0 Å². The highest BCUT2D eigenvalue weighted by Crippen LogP contribution is 2.53. The molecule has 10 aromatic rings. The van der Waals surface area contributed by atoms with Crippen LogP contribution in [-0.2, 0) is 27.1 Å². The van der Waals surface area contributed by atoms with Gasteiger partial charge in [0.15, 0.2) is 0 Å². The minimum absolute atomic E-state index is 0.0876. The number of hydrogen-bond acceptors (Lipinski definition) is 5. The van der Waals surface area contributed by atoms with Crippen LogP contribution < -0.4 is 0 Å². The van der Waals surface area contributed by atoms with Crippen molar-refractivity contribution < 1.29 is 0 Å². The topological polar surface area (TPSA) is 64.5 Å². The Balaban J connectivity index is 0.000000105. The molecule has 400 valence electrons. The van der Waals surface area contributed by atoms with Gasteiger partial charge in [-0.2, -0.15) is 0 Å². The third-order valence-electron chi connectivity index (χ3n) is 18.3. The third-order valence-corrected chi connectivity index (χ3v) is 18.3. The van der Waals surface area contributed by atoms with Crippen LogP contribution in [0.3, 0.4) is 0 Å². The smallest absolute Gasteiger partial charge is 0.0419 e. The van der Waals surface area contributed by atoms with Crippen LogP contribution in [0.15, 0.2) is 183 Å².